The van der Waals surface area contributed by atoms with E-state index in [4.69, 9.17) is 4.74 Å². The average molecular weight is 274 g/mol. The fourth-order valence-corrected chi connectivity index (χ4v) is 2.91. The Labute approximate surface area is 115 Å². The van der Waals surface area contributed by atoms with Gasteiger partial charge in [0.15, 0.2) is 0 Å². The highest BCUT2D eigenvalue weighted by molar-refractivity contribution is 7.18. The van der Waals surface area contributed by atoms with Gasteiger partial charge in [-0.1, -0.05) is 30.3 Å². The van der Waals surface area contributed by atoms with Gasteiger partial charge in [-0.15, -0.1) is 11.3 Å². The molecule has 0 radical (unpaired) electrons. The van der Waals surface area contributed by atoms with Crippen LogP contribution in [0.3, 0.4) is 0 Å². The Morgan fingerprint density at radius 3 is 2.95 bits per heavy atom. The lowest BCUT2D eigenvalue weighted by Gasteiger charge is -2.13. The Kier molecular flexibility index (Phi) is 3.48. The predicted octanol–water partition coefficient (Wildman–Crippen LogP) is 2.58. The van der Waals surface area contributed by atoms with Crippen molar-refractivity contribution in [2.75, 3.05) is 12.0 Å². The van der Waals surface area contributed by atoms with Crippen molar-refractivity contribution in [1.82, 2.24) is 5.32 Å². The first-order chi connectivity index (χ1) is 9.33. The van der Waals surface area contributed by atoms with Gasteiger partial charge in [0.2, 0.25) is 0 Å². The summed E-state index contributed by atoms with van der Waals surface area (Å²) in [6, 6.07) is 11.6. The van der Waals surface area contributed by atoms with Gasteiger partial charge in [0.05, 0.1) is 11.7 Å². The minimum atomic E-state index is -0.259. The van der Waals surface area contributed by atoms with Crippen LogP contribution in [0.25, 0.3) is 0 Å². The molecule has 0 atom stereocenters. The molecule has 2 aromatic rings. The first kappa shape index (κ1) is 12.2. The molecule has 98 valence electrons. The van der Waals surface area contributed by atoms with Crippen molar-refractivity contribution in [1.29, 1.82) is 0 Å². The number of anilines is 1. The van der Waals surface area contributed by atoms with Crippen LogP contribution in [0.15, 0.2) is 36.4 Å². The molecule has 4 nitrogen and oxygen atoms in total. The molecule has 3 rings (SSSR count). The largest absolute Gasteiger partial charge is 0.457 e. The minimum absolute atomic E-state index is 0.259. The topological polar surface area (TPSA) is 50.4 Å². The Hall–Kier alpha value is -1.85. The lowest BCUT2D eigenvalue weighted by atomic mass is 10.2. The molecule has 0 saturated carbocycles. The number of carbonyl (C=O) groups is 1. The lowest BCUT2D eigenvalue weighted by molar-refractivity contribution is 0.0478. The van der Waals surface area contributed by atoms with Gasteiger partial charge in [-0.3, -0.25) is 5.32 Å². The second-order valence-electron chi connectivity index (χ2n) is 4.31. The van der Waals surface area contributed by atoms with E-state index in [2.05, 4.69) is 10.6 Å². The highest BCUT2D eigenvalue weighted by Gasteiger charge is 2.17. The van der Waals surface area contributed by atoms with E-state index in [-0.39, 0.29) is 5.97 Å². The van der Waals surface area contributed by atoms with Crippen LogP contribution in [0, 0.1) is 0 Å². The van der Waals surface area contributed by atoms with Crippen LogP contribution in [0.4, 0.5) is 5.00 Å². The number of hydrogen-bond acceptors (Lipinski definition) is 5. The second-order valence-corrected chi connectivity index (χ2v) is 5.36. The fraction of sp³-hybridized carbons (Fsp3) is 0.214. The maximum Gasteiger partial charge on any atom is 0.348 e. The summed E-state index contributed by atoms with van der Waals surface area (Å²) < 4.78 is 5.32. The molecule has 19 heavy (non-hydrogen) atoms. The lowest BCUT2D eigenvalue weighted by Crippen LogP contribution is -2.26. The maximum absolute atomic E-state index is 12.0. The van der Waals surface area contributed by atoms with Gasteiger partial charge in [0.25, 0.3) is 0 Å². The van der Waals surface area contributed by atoms with E-state index in [0.717, 1.165) is 29.3 Å². The van der Waals surface area contributed by atoms with E-state index in [1.54, 1.807) is 0 Å². The monoisotopic (exact) mass is 274 g/mol. The van der Waals surface area contributed by atoms with Gasteiger partial charge in [0.1, 0.15) is 11.5 Å². The van der Waals surface area contributed by atoms with Gasteiger partial charge < -0.3 is 10.1 Å². The van der Waals surface area contributed by atoms with Crippen LogP contribution in [0.5, 0.6) is 0 Å². The molecule has 1 aromatic heterocycles. The zero-order valence-corrected chi connectivity index (χ0v) is 11.1. The maximum atomic E-state index is 12.0. The molecule has 1 aromatic carbocycles. The summed E-state index contributed by atoms with van der Waals surface area (Å²) in [5.74, 6) is -0.259. The smallest absolute Gasteiger partial charge is 0.348 e. The molecule has 2 heterocycles. The zero-order chi connectivity index (χ0) is 13.1. The standard InChI is InChI=1S/C14H14N2O2S/c17-14(18-8-10-4-2-1-3-5-10)12-6-11-7-15-9-16-13(11)19-12/h1-6,15-16H,7-9H2. The normalized spacial score (nSPS) is 13.5. The third-order valence-corrected chi connectivity index (χ3v) is 4.03. The number of ether oxygens (including phenoxy) is 1. The summed E-state index contributed by atoms with van der Waals surface area (Å²) in [5.41, 5.74) is 2.12. The number of hydrogen-bond donors (Lipinski definition) is 2. The molecule has 0 fully saturated rings. The van der Waals surface area contributed by atoms with Crippen LogP contribution in [-0.4, -0.2) is 12.6 Å². The van der Waals surface area contributed by atoms with E-state index >= 15 is 0 Å². The molecular weight excluding hydrogens is 260 g/mol. The molecule has 0 saturated heterocycles. The number of thiophene rings is 1. The summed E-state index contributed by atoms with van der Waals surface area (Å²) in [6.07, 6.45) is 0. The van der Waals surface area contributed by atoms with Crippen molar-refractivity contribution >= 4 is 22.3 Å². The number of rotatable bonds is 3. The molecule has 0 spiro atoms. The van der Waals surface area contributed by atoms with Crippen molar-refractivity contribution in [3.05, 3.63) is 52.4 Å². The van der Waals surface area contributed by atoms with E-state index in [0.29, 0.717) is 11.5 Å². The van der Waals surface area contributed by atoms with Crippen LogP contribution in [0.2, 0.25) is 0 Å². The molecule has 1 aliphatic heterocycles. The average Bonchev–Trinajstić information content (AvgIpc) is 2.90. The number of carbonyl (C=O) groups excluding carboxylic acids is 1. The molecule has 2 N–H and O–H groups in total. The van der Waals surface area contributed by atoms with E-state index in [9.17, 15) is 4.79 Å². The molecule has 1 aliphatic rings. The van der Waals surface area contributed by atoms with Crippen molar-refractivity contribution < 1.29 is 9.53 Å². The first-order valence-electron chi connectivity index (χ1n) is 6.11. The van der Waals surface area contributed by atoms with Gasteiger partial charge in [-0.05, 0) is 11.6 Å². The molecule has 0 aliphatic carbocycles. The Morgan fingerprint density at radius 2 is 2.16 bits per heavy atom. The van der Waals surface area contributed by atoms with Crippen molar-refractivity contribution in [3.63, 3.8) is 0 Å². The van der Waals surface area contributed by atoms with Crippen LogP contribution in [0.1, 0.15) is 20.8 Å². The summed E-state index contributed by atoms with van der Waals surface area (Å²) >= 11 is 1.45. The van der Waals surface area contributed by atoms with Gasteiger partial charge >= 0.3 is 5.97 Å². The fourth-order valence-electron chi connectivity index (χ4n) is 1.94. The number of esters is 1. The second kappa shape index (κ2) is 5.42. The van der Waals surface area contributed by atoms with E-state index in [1.165, 1.54) is 11.3 Å². The summed E-state index contributed by atoms with van der Waals surface area (Å²) in [7, 11) is 0. The molecule has 0 unspecified atom stereocenters. The van der Waals surface area contributed by atoms with Gasteiger partial charge in [0, 0.05) is 12.1 Å². The summed E-state index contributed by atoms with van der Waals surface area (Å²) in [5, 5.41) is 7.47. The van der Waals surface area contributed by atoms with Crippen molar-refractivity contribution in [2.45, 2.75) is 13.2 Å². The molecular formula is C14H14N2O2S. The van der Waals surface area contributed by atoms with Crippen LogP contribution in [-0.2, 0) is 17.9 Å². The zero-order valence-electron chi connectivity index (χ0n) is 10.3. The third-order valence-electron chi connectivity index (χ3n) is 2.91. The summed E-state index contributed by atoms with van der Waals surface area (Å²) in [4.78, 5) is 12.6. The van der Waals surface area contributed by atoms with E-state index in [1.807, 2.05) is 36.4 Å². The molecule has 0 bridgehead atoms. The van der Waals surface area contributed by atoms with Crippen molar-refractivity contribution in [3.8, 4) is 0 Å². The highest BCUT2D eigenvalue weighted by atomic mass is 32.1. The van der Waals surface area contributed by atoms with Crippen LogP contribution >= 0.6 is 11.3 Å². The quantitative estimate of drug-likeness (QED) is 0.845. The molecule has 5 heteroatoms. The number of fused-ring (bicyclic) bond motifs is 1. The van der Waals surface area contributed by atoms with Crippen LogP contribution < -0.4 is 10.6 Å². The van der Waals surface area contributed by atoms with E-state index < -0.39 is 0 Å². The van der Waals surface area contributed by atoms with Crippen molar-refractivity contribution in [2.24, 2.45) is 0 Å². The Balaban J connectivity index is 1.65. The van der Waals surface area contributed by atoms with Gasteiger partial charge in [-0.25, -0.2) is 4.79 Å². The highest BCUT2D eigenvalue weighted by Crippen LogP contribution is 2.30. The Bertz CT molecular complexity index is 557. The minimum Gasteiger partial charge on any atom is -0.457 e. The van der Waals surface area contributed by atoms with Gasteiger partial charge in [-0.2, -0.15) is 0 Å². The first-order valence-corrected chi connectivity index (χ1v) is 6.93. The summed E-state index contributed by atoms with van der Waals surface area (Å²) in [6.45, 7) is 1.85. The third kappa shape index (κ3) is 2.77. The number of benzene rings is 1. The Morgan fingerprint density at radius 1 is 1.32 bits per heavy atom. The number of nitrogens with one attached hydrogen (secondary N) is 2. The SMILES string of the molecule is O=C(OCc1ccccc1)c1cc2c(s1)NCNC2. The molecule has 0 amide bonds. The predicted molar refractivity (Wildman–Crippen MR) is 75.2 cm³/mol.